The van der Waals surface area contributed by atoms with Gasteiger partial charge in [-0.05, 0) is 81.5 Å². The van der Waals surface area contributed by atoms with Crippen LogP contribution in [-0.4, -0.2) is 63.7 Å². The number of rotatable bonds is 8. The van der Waals surface area contributed by atoms with E-state index in [1.54, 1.807) is 18.2 Å². The molecule has 0 bridgehead atoms. The molecule has 40 heavy (non-hydrogen) atoms. The lowest BCUT2D eigenvalue weighted by Gasteiger charge is -2.30. The van der Waals surface area contributed by atoms with Gasteiger partial charge in [0.15, 0.2) is 0 Å². The van der Waals surface area contributed by atoms with Crippen LogP contribution in [0.2, 0.25) is 0 Å². The van der Waals surface area contributed by atoms with Crippen molar-refractivity contribution >= 4 is 45.2 Å². The third kappa shape index (κ3) is 7.90. The molecule has 1 aliphatic heterocycles. The lowest BCUT2D eigenvalue weighted by Crippen LogP contribution is -2.36. The molecule has 1 aliphatic rings. The van der Waals surface area contributed by atoms with Crippen LogP contribution in [-0.2, 0) is 11.0 Å². The summed E-state index contributed by atoms with van der Waals surface area (Å²) in [4.78, 5) is 2.56. The van der Waals surface area contributed by atoms with Crippen molar-refractivity contribution in [2.24, 2.45) is 0 Å². The number of likely N-dealkylation sites (tertiary alicyclic amines) is 1. The molecule has 0 radical (unpaired) electrons. The monoisotopic (exact) mass is 599 g/mol. The maximum atomic E-state index is 13.5. The molecule has 0 amide bonds. The highest BCUT2D eigenvalue weighted by molar-refractivity contribution is 7.70. The molecule has 1 fully saturated rings. The molecule has 0 spiro atoms. The van der Waals surface area contributed by atoms with E-state index in [2.05, 4.69) is 39.2 Å². The quantitative estimate of drug-likeness (QED) is 0.169. The largest absolute Gasteiger partial charge is 0.433 e. The van der Waals surface area contributed by atoms with E-state index in [0.29, 0.717) is 15.6 Å². The predicted molar refractivity (Wildman–Crippen MR) is 153 cm³/mol. The molecule has 0 aliphatic carbocycles. The molecular formula is C28H31F5N3O2PS. The van der Waals surface area contributed by atoms with Crippen LogP contribution in [0.15, 0.2) is 36.4 Å². The molecular weight excluding hydrogens is 568 g/mol. The number of thiophene rings is 1. The second-order valence-corrected chi connectivity index (χ2v) is 14.4. The van der Waals surface area contributed by atoms with E-state index in [9.17, 15) is 26.5 Å². The Bertz CT molecular complexity index is 1450. The predicted octanol–water partition coefficient (Wildman–Crippen LogP) is 6.83. The molecule has 0 saturated carbocycles. The van der Waals surface area contributed by atoms with E-state index in [4.69, 9.17) is 0 Å². The van der Waals surface area contributed by atoms with E-state index >= 15 is 0 Å². The zero-order valence-electron chi connectivity index (χ0n) is 22.4. The second-order valence-electron chi connectivity index (χ2n) is 10.2. The first-order chi connectivity index (χ1) is 18.8. The van der Waals surface area contributed by atoms with Gasteiger partial charge in [-0.25, -0.2) is 0 Å². The van der Waals surface area contributed by atoms with Crippen LogP contribution in [0.3, 0.4) is 0 Å². The van der Waals surface area contributed by atoms with Gasteiger partial charge in [-0.3, -0.25) is 0 Å². The van der Waals surface area contributed by atoms with Gasteiger partial charge in [0.2, 0.25) is 0 Å². The molecule has 5 nitrogen and oxygen atoms in total. The lowest BCUT2D eigenvalue weighted by molar-refractivity contribution is -0.126. The van der Waals surface area contributed by atoms with Crippen molar-refractivity contribution in [3.8, 4) is 17.6 Å². The van der Waals surface area contributed by atoms with E-state index in [0.717, 1.165) is 36.3 Å². The summed E-state index contributed by atoms with van der Waals surface area (Å²) in [5.41, 5.74) is 1.13. The molecule has 2 aromatic carbocycles. The number of fused-ring (bicyclic) bond motifs is 1. The van der Waals surface area contributed by atoms with Crippen LogP contribution < -0.4 is 20.7 Å². The first-order valence-corrected chi connectivity index (χ1v) is 16.2. The number of nitrogens with zero attached hydrogens (tertiary/aromatic N) is 1. The summed E-state index contributed by atoms with van der Waals surface area (Å²) in [6.45, 7) is 1.82. The first-order valence-electron chi connectivity index (χ1n) is 12.7. The number of hydrogen-bond acceptors (Lipinski definition) is 6. The molecule has 2 heterocycles. The van der Waals surface area contributed by atoms with Crippen molar-refractivity contribution in [1.82, 2.24) is 4.90 Å². The van der Waals surface area contributed by atoms with Crippen molar-refractivity contribution in [3.05, 3.63) is 46.8 Å². The fourth-order valence-corrected chi connectivity index (χ4v) is 6.62. The molecule has 0 atom stereocenters. The first kappa shape index (κ1) is 30.2. The second kappa shape index (κ2) is 12.4. The van der Waals surface area contributed by atoms with Gasteiger partial charge in [0, 0.05) is 11.3 Å². The third-order valence-electron chi connectivity index (χ3n) is 6.65. The minimum Gasteiger partial charge on any atom is -0.433 e. The maximum absolute atomic E-state index is 13.5. The highest BCUT2D eigenvalue weighted by Crippen LogP contribution is 2.40. The molecule has 1 aromatic heterocycles. The van der Waals surface area contributed by atoms with Crippen LogP contribution in [0.5, 0.6) is 5.75 Å². The molecule has 216 valence electrons. The summed E-state index contributed by atoms with van der Waals surface area (Å²) >= 11 is 1.21. The van der Waals surface area contributed by atoms with Crippen LogP contribution in [0.1, 0.15) is 23.3 Å². The third-order valence-corrected chi connectivity index (χ3v) is 9.36. The van der Waals surface area contributed by atoms with Gasteiger partial charge < -0.3 is 24.8 Å². The van der Waals surface area contributed by atoms with E-state index in [1.807, 2.05) is 6.07 Å². The van der Waals surface area contributed by atoms with E-state index in [1.165, 1.54) is 36.8 Å². The summed E-state index contributed by atoms with van der Waals surface area (Å²) < 4.78 is 84.3. The number of alkyl halides is 5. The number of halogens is 5. The average molecular weight is 600 g/mol. The fourth-order valence-electron chi connectivity index (χ4n) is 4.58. The maximum Gasteiger partial charge on any atom is 0.393 e. The van der Waals surface area contributed by atoms with E-state index < -0.39 is 26.4 Å². The van der Waals surface area contributed by atoms with Crippen molar-refractivity contribution in [1.29, 1.82) is 0 Å². The average Bonchev–Trinajstić information content (AvgIpc) is 3.19. The minimum atomic E-state index is -4.42. The number of hydrogen-bond donors (Lipinski definition) is 2. The Labute approximate surface area is 234 Å². The zero-order valence-corrected chi connectivity index (χ0v) is 24.1. The summed E-state index contributed by atoms with van der Waals surface area (Å²) in [7, 11) is -0.650. The van der Waals surface area contributed by atoms with Crippen LogP contribution in [0.25, 0.3) is 10.1 Å². The number of anilines is 2. The van der Waals surface area contributed by atoms with E-state index in [-0.39, 0.29) is 29.6 Å². The molecule has 0 unspecified atom stereocenters. The van der Waals surface area contributed by atoms with Crippen LogP contribution in [0, 0.1) is 11.8 Å². The zero-order chi connectivity index (χ0) is 29.1. The molecule has 4 rings (SSSR count). The van der Waals surface area contributed by atoms with Crippen molar-refractivity contribution in [2.75, 3.05) is 50.6 Å². The molecule has 1 saturated heterocycles. The molecule has 12 heteroatoms. The fraction of sp³-hybridized carbons (Fsp3) is 0.429. The van der Waals surface area contributed by atoms with Crippen molar-refractivity contribution in [2.45, 2.75) is 38.1 Å². The van der Waals surface area contributed by atoms with Crippen LogP contribution >= 0.6 is 18.5 Å². The lowest BCUT2D eigenvalue weighted by atomic mass is 10.0. The van der Waals surface area contributed by atoms with Crippen molar-refractivity contribution < 1.29 is 31.3 Å². The SMILES string of the molecule is CN1CCC(Nc2cccc3c(CC(F)(F)F)c(C#CCNc4ccc(P(C)(C)=O)cc4OC(F)F)sc23)CC1. The Morgan fingerprint density at radius 1 is 1.15 bits per heavy atom. The molecule has 2 N–H and O–H groups in total. The Hall–Kier alpha value is -2.80. The van der Waals surface area contributed by atoms with Crippen LogP contribution in [0.4, 0.5) is 33.3 Å². The summed E-state index contributed by atoms with van der Waals surface area (Å²) in [5.74, 6) is 5.51. The normalized spacial score (nSPS) is 15.2. The number of piperidine rings is 1. The Balaban J connectivity index is 1.60. The highest BCUT2D eigenvalue weighted by Gasteiger charge is 2.31. The Morgan fingerprint density at radius 3 is 2.52 bits per heavy atom. The standard InChI is InChI=1S/C28H31F5N3O2PS/c1-36-14-11-18(12-15-36)35-23-7-4-6-20-21(17-28(31,32)33)25(40-26(20)23)8-5-13-34-22-10-9-19(39(2,3)37)16-24(22)38-27(29)30/h4,6-7,9-10,16,18,27,34-35H,11-15,17H2,1-3H3. The number of ether oxygens (including phenoxy) is 1. The van der Waals surface area contributed by atoms with Gasteiger partial charge in [-0.15, -0.1) is 11.3 Å². The Morgan fingerprint density at radius 2 is 1.88 bits per heavy atom. The van der Waals surface area contributed by atoms with Crippen molar-refractivity contribution in [3.63, 3.8) is 0 Å². The number of benzene rings is 2. The smallest absolute Gasteiger partial charge is 0.393 e. The summed E-state index contributed by atoms with van der Waals surface area (Å²) in [5, 5.41) is 7.30. The van der Waals surface area contributed by atoms with Gasteiger partial charge >= 0.3 is 12.8 Å². The van der Waals surface area contributed by atoms with Gasteiger partial charge in [0.1, 0.15) is 12.9 Å². The number of nitrogens with one attached hydrogen (secondary N) is 2. The van der Waals surface area contributed by atoms with Gasteiger partial charge in [0.05, 0.1) is 33.9 Å². The molecule has 3 aromatic rings. The van der Waals surface area contributed by atoms with Gasteiger partial charge in [-0.1, -0.05) is 24.0 Å². The highest BCUT2D eigenvalue weighted by atomic mass is 32.1. The summed E-state index contributed by atoms with van der Waals surface area (Å²) in [6, 6.07) is 9.89. The Kier molecular flexibility index (Phi) is 9.33. The topological polar surface area (TPSA) is 53.6 Å². The summed E-state index contributed by atoms with van der Waals surface area (Å²) in [6.07, 6.45) is -3.64. The van der Waals surface area contributed by atoms with Gasteiger partial charge in [0.25, 0.3) is 0 Å². The minimum absolute atomic E-state index is 0.0325. The van der Waals surface area contributed by atoms with Gasteiger partial charge in [-0.2, -0.15) is 22.0 Å².